The van der Waals surface area contributed by atoms with Crippen LogP contribution in [-0.2, 0) is 4.79 Å². The van der Waals surface area contributed by atoms with Crippen molar-refractivity contribution < 1.29 is 14.3 Å². The van der Waals surface area contributed by atoms with Crippen molar-refractivity contribution in [2.24, 2.45) is 0 Å². The minimum atomic E-state index is -0.133. The average Bonchev–Trinajstić information content (AvgIpc) is 2.38. The maximum Gasteiger partial charge on any atom is 0.166 e. The minimum Gasteiger partial charge on any atom is -0.496 e. The van der Waals surface area contributed by atoms with Crippen molar-refractivity contribution in [3.63, 3.8) is 0 Å². The number of hydrogen-bond acceptors (Lipinski definition) is 5. The number of anilines is 1. The van der Waals surface area contributed by atoms with Crippen molar-refractivity contribution in [2.45, 2.75) is 13.3 Å². The highest BCUT2D eigenvalue weighted by atomic mass is 16.5. The third-order valence-electron chi connectivity index (χ3n) is 2.80. The number of carbonyl (C=O) groups excluding carboxylic acids is 1. The normalized spacial score (nSPS) is 9.63. The molecule has 0 heterocycles. The topological polar surface area (TPSA) is 62.6 Å². The highest BCUT2D eigenvalue weighted by molar-refractivity contribution is 5.85. The van der Waals surface area contributed by atoms with Crippen LogP contribution in [0.3, 0.4) is 0 Å². The van der Waals surface area contributed by atoms with Crippen LogP contribution in [0.15, 0.2) is 12.1 Å². The number of ketones is 1. The number of aryl methyl sites for hydroxylation is 1. The van der Waals surface area contributed by atoms with Crippen LogP contribution >= 0.6 is 0 Å². The second kappa shape index (κ2) is 6.64. The Bertz CT molecular complexity index is 506. The maximum atomic E-state index is 11.5. The Balaban J connectivity index is 3.04. The third-order valence-corrected chi connectivity index (χ3v) is 2.80. The van der Waals surface area contributed by atoms with Crippen molar-refractivity contribution in [1.29, 1.82) is 5.26 Å². The Morgan fingerprint density at radius 1 is 1.32 bits per heavy atom. The fourth-order valence-corrected chi connectivity index (χ4v) is 1.83. The molecule has 1 aromatic rings. The summed E-state index contributed by atoms with van der Waals surface area (Å²) in [5.41, 5.74) is 1.72. The van der Waals surface area contributed by atoms with Gasteiger partial charge in [-0.15, -0.1) is 0 Å². The zero-order chi connectivity index (χ0) is 14.4. The number of rotatable bonds is 6. The van der Waals surface area contributed by atoms with Crippen LogP contribution in [0.5, 0.6) is 11.5 Å². The van der Waals surface area contributed by atoms with Crippen molar-refractivity contribution >= 4 is 11.5 Å². The van der Waals surface area contributed by atoms with E-state index in [9.17, 15) is 4.79 Å². The molecule has 1 rings (SSSR count). The number of benzene rings is 1. The first-order valence-corrected chi connectivity index (χ1v) is 5.85. The molecule has 1 aromatic carbocycles. The van der Waals surface area contributed by atoms with Crippen LogP contribution in [0.4, 0.5) is 5.69 Å². The number of nitriles is 1. The van der Waals surface area contributed by atoms with E-state index in [0.29, 0.717) is 5.75 Å². The Kier molecular flexibility index (Phi) is 5.19. The summed E-state index contributed by atoms with van der Waals surface area (Å²) in [6.07, 6.45) is -0.0876. The molecule has 0 saturated carbocycles. The predicted molar refractivity (Wildman–Crippen MR) is 72.8 cm³/mol. The lowest BCUT2D eigenvalue weighted by Gasteiger charge is -2.22. The first-order valence-electron chi connectivity index (χ1n) is 5.85. The zero-order valence-corrected chi connectivity index (χ0v) is 11.7. The molecule has 0 aromatic heterocycles. The van der Waals surface area contributed by atoms with Crippen LogP contribution in [0.1, 0.15) is 12.0 Å². The lowest BCUT2D eigenvalue weighted by molar-refractivity contribution is -0.116. The van der Waals surface area contributed by atoms with E-state index >= 15 is 0 Å². The Morgan fingerprint density at radius 3 is 2.47 bits per heavy atom. The number of carbonyl (C=O) groups is 1. The molecule has 5 heteroatoms. The molecule has 0 unspecified atom stereocenters. The summed E-state index contributed by atoms with van der Waals surface area (Å²) >= 11 is 0. The minimum absolute atomic E-state index is 0.0876. The number of nitrogens with zero attached hydrogens (tertiary/aromatic N) is 2. The van der Waals surface area contributed by atoms with Gasteiger partial charge in [0.05, 0.1) is 38.9 Å². The van der Waals surface area contributed by atoms with Gasteiger partial charge < -0.3 is 14.4 Å². The van der Waals surface area contributed by atoms with E-state index in [2.05, 4.69) is 0 Å². The van der Waals surface area contributed by atoms with Crippen molar-refractivity contribution in [3.8, 4) is 17.6 Å². The molecular weight excluding hydrogens is 244 g/mol. The summed E-state index contributed by atoms with van der Waals surface area (Å²) in [5, 5.41) is 8.51. The lowest BCUT2D eigenvalue weighted by Crippen LogP contribution is -2.25. The van der Waals surface area contributed by atoms with E-state index in [1.807, 2.05) is 25.1 Å². The van der Waals surface area contributed by atoms with E-state index < -0.39 is 0 Å². The van der Waals surface area contributed by atoms with Gasteiger partial charge >= 0.3 is 0 Å². The first kappa shape index (κ1) is 14.8. The van der Waals surface area contributed by atoms with E-state index in [-0.39, 0.29) is 18.7 Å². The smallest absolute Gasteiger partial charge is 0.166 e. The average molecular weight is 262 g/mol. The van der Waals surface area contributed by atoms with E-state index in [1.54, 1.807) is 26.2 Å². The second-order valence-electron chi connectivity index (χ2n) is 4.22. The molecule has 0 spiro atoms. The molecule has 5 nitrogen and oxygen atoms in total. The van der Waals surface area contributed by atoms with Gasteiger partial charge in [0.2, 0.25) is 0 Å². The number of hydrogen-bond donors (Lipinski definition) is 0. The third kappa shape index (κ3) is 3.62. The van der Waals surface area contributed by atoms with Gasteiger partial charge in [0, 0.05) is 13.1 Å². The summed E-state index contributed by atoms with van der Waals surface area (Å²) in [6.45, 7) is 2.09. The highest BCUT2D eigenvalue weighted by Crippen LogP contribution is 2.34. The standard InChI is InChI=1S/C14H18N2O3/c1-10-7-14(19-4)12(8-13(10)18-3)16(2)9-11(17)5-6-15/h7-8H,5,9H2,1-4H3. The van der Waals surface area contributed by atoms with Gasteiger partial charge in [-0.1, -0.05) is 0 Å². The Morgan fingerprint density at radius 2 is 1.95 bits per heavy atom. The Labute approximate surface area is 113 Å². The van der Waals surface area contributed by atoms with Gasteiger partial charge in [-0.05, 0) is 18.6 Å². The van der Waals surface area contributed by atoms with Crippen LogP contribution in [0, 0.1) is 18.3 Å². The fourth-order valence-electron chi connectivity index (χ4n) is 1.83. The second-order valence-corrected chi connectivity index (χ2v) is 4.22. The molecule has 0 aliphatic carbocycles. The molecule has 0 N–H and O–H groups in total. The summed E-state index contributed by atoms with van der Waals surface area (Å²) in [5.74, 6) is 1.27. The summed E-state index contributed by atoms with van der Waals surface area (Å²) < 4.78 is 10.6. The van der Waals surface area contributed by atoms with Crippen LogP contribution < -0.4 is 14.4 Å². The largest absolute Gasteiger partial charge is 0.496 e. The molecule has 0 amide bonds. The molecule has 19 heavy (non-hydrogen) atoms. The number of ether oxygens (including phenoxy) is 2. The van der Waals surface area contributed by atoms with Gasteiger partial charge in [0.15, 0.2) is 5.78 Å². The van der Waals surface area contributed by atoms with E-state index in [0.717, 1.165) is 17.0 Å². The van der Waals surface area contributed by atoms with Crippen LogP contribution in [0.25, 0.3) is 0 Å². The van der Waals surface area contributed by atoms with Gasteiger partial charge in [-0.2, -0.15) is 5.26 Å². The van der Waals surface area contributed by atoms with Gasteiger partial charge in [0.25, 0.3) is 0 Å². The van der Waals surface area contributed by atoms with Crippen LogP contribution in [-0.4, -0.2) is 33.6 Å². The molecule has 102 valence electrons. The number of Topliss-reactive ketones (excluding diaryl/α,β-unsaturated/α-hetero) is 1. The molecule has 0 atom stereocenters. The van der Waals surface area contributed by atoms with E-state index in [4.69, 9.17) is 14.7 Å². The first-order chi connectivity index (χ1) is 9.03. The van der Waals surface area contributed by atoms with Crippen molar-refractivity contribution in [3.05, 3.63) is 17.7 Å². The van der Waals surface area contributed by atoms with Gasteiger partial charge in [-0.3, -0.25) is 4.79 Å². The van der Waals surface area contributed by atoms with Gasteiger partial charge in [0.1, 0.15) is 11.5 Å². The lowest BCUT2D eigenvalue weighted by atomic mass is 10.1. The van der Waals surface area contributed by atoms with Crippen LogP contribution in [0.2, 0.25) is 0 Å². The SMILES string of the molecule is COc1cc(N(C)CC(=O)CC#N)c(OC)cc1C. The summed E-state index contributed by atoms with van der Waals surface area (Å²) in [6, 6.07) is 5.54. The Hall–Kier alpha value is -2.22. The molecule has 0 aliphatic rings. The zero-order valence-electron chi connectivity index (χ0n) is 11.7. The highest BCUT2D eigenvalue weighted by Gasteiger charge is 2.14. The summed E-state index contributed by atoms with van der Waals surface area (Å²) in [7, 11) is 4.96. The molecule has 0 fully saturated rings. The molecule has 0 bridgehead atoms. The molecule has 0 saturated heterocycles. The predicted octanol–water partition coefficient (Wildman–Crippen LogP) is 1.93. The van der Waals surface area contributed by atoms with Crippen molar-refractivity contribution in [1.82, 2.24) is 0 Å². The monoisotopic (exact) mass is 262 g/mol. The molecular formula is C14H18N2O3. The molecule has 0 aliphatic heterocycles. The van der Waals surface area contributed by atoms with Crippen molar-refractivity contribution in [2.75, 3.05) is 32.7 Å². The summed E-state index contributed by atoms with van der Waals surface area (Å²) in [4.78, 5) is 13.3. The van der Waals surface area contributed by atoms with Gasteiger partial charge in [-0.25, -0.2) is 0 Å². The number of likely N-dealkylation sites (N-methyl/N-ethyl adjacent to an activating group) is 1. The maximum absolute atomic E-state index is 11.5. The van der Waals surface area contributed by atoms with E-state index in [1.165, 1.54) is 0 Å². The number of methoxy groups -OCH3 is 2. The quantitative estimate of drug-likeness (QED) is 0.784. The fraction of sp³-hybridized carbons (Fsp3) is 0.429. The molecule has 0 radical (unpaired) electrons.